The molecule has 234 valence electrons. The summed E-state index contributed by atoms with van der Waals surface area (Å²) in [5.74, 6) is -0.407. The average Bonchev–Trinajstić information content (AvgIpc) is 3.58. The van der Waals surface area contributed by atoms with Crippen molar-refractivity contribution in [2.75, 3.05) is 24.6 Å². The fourth-order valence-corrected chi connectivity index (χ4v) is 6.38. The maximum atomic E-state index is 13.4. The summed E-state index contributed by atoms with van der Waals surface area (Å²) in [6, 6.07) is 7.72. The van der Waals surface area contributed by atoms with Crippen molar-refractivity contribution in [1.82, 2.24) is 29.7 Å². The molecule has 12 nitrogen and oxygen atoms in total. The monoisotopic (exact) mass is 594 g/mol. The van der Waals surface area contributed by atoms with Crippen LogP contribution >= 0.6 is 0 Å². The number of hydrogen-bond donors (Lipinski definition) is 3. The molecule has 12 heteroatoms. The van der Waals surface area contributed by atoms with Gasteiger partial charge in [0.15, 0.2) is 23.5 Å². The Kier molecular flexibility index (Phi) is 8.18. The first-order chi connectivity index (χ1) is 20.1. The lowest BCUT2D eigenvalue weighted by molar-refractivity contribution is -0.199. The standard InChI is InChI=1S/C31H46N8O4/c1-10-31(18(2)3,37-28(40)36-20-13-11-19(12-14-20)29(4,5)6)38(9)15-21-23-24(43-30(7,8)42-23)27(41-21)39-17-35-22-25(32)33-16-34-26(22)39/h11-14,16-18,21,23-24,27H,10,15H2,1-9H3,(H2,32,33,34)(H2,36,37,40)/t21-,23-,24-,27-,31-/m1/s1. The molecule has 0 bridgehead atoms. The maximum absolute atomic E-state index is 13.4. The Bertz CT molecular complexity index is 1450. The van der Waals surface area contributed by atoms with Gasteiger partial charge in [-0.1, -0.05) is 53.7 Å². The van der Waals surface area contributed by atoms with Gasteiger partial charge in [0.1, 0.15) is 30.2 Å². The molecule has 2 aliphatic rings. The van der Waals surface area contributed by atoms with E-state index < -0.39 is 23.8 Å². The first-order valence-electron chi connectivity index (χ1n) is 15.0. The highest BCUT2D eigenvalue weighted by Gasteiger charge is 2.57. The van der Waals surface area contributed by atoms with Gasteiger partial charge in [-0.2, -0.15) is 0 Å². The molecule has 0 spiro atoms. The highest BCUT2D eigenvalue weighted by Crippen LogP contribution is 2.44. The zero-order chi connectivity index (χ0) is 31.3. The Morgan fingerprint density at radius 2 is 1.79 bits per heavy atom. The zero-order valence-electron chi connectivity index (χ0n) is 26.7. The molecule has 0 saturated carbocycles. The molecule has 3 aromatic rings. The van der Waals surface area contributed by atoms with Crippen molar-refractivity contribution in [3.8, 4) is 0 Å². The number of benzene rings is 1. The second-order valence-electron chi connectivity index (χ2n) is 13.4. The molecule has 2 aliphatic heterocycles. The molecule has 2 fully saturated rings. The number of rotatable bonds is 8. The Balaban J connectivity index is 1.35. The van der Waals surface area contributed by atoms with Gasteiger partial charge >= 0.3 is 6.03 Å². The summed E-state index contributed by atoms with van der Waals surface area (Å²) in [4.78, 5) is 28.4. The second kappa shape index (κ2) is 11.3. The van der Waals surface area contributed by atoms with Crippen LogP contribution in [-0.4, -0.2) is 73.8 Å². The molecular weight excluding hydrogens is 548 g/mol. The van der Waals surface area contributed by atoms with Crippen LogP contribution in [0.1, 0.15) is 73.6 Å². The van der Waals surface area contributed by atoms with Gasteiger partial charge in [0.25, 0.3) is 0 Å². The summed E-state index contributed by atoms with van der Waals surface area (Å²) in [6.07, 6.45) is 2.09. The molecule has 2 saturated heterocycles. The third kappa shape index (κ3) is 5.93. The van der Waals surface area contributed by atoms with Crippen molar-refractivity contribution >= 4 is 28.7 Å². The summed E-state index contributed by atoms with van der Waals surface area (Å²) in [6.45, 7) is 17.1. The molecule has 5 atom stereocenters. The zero-order valence-corrected chi connectivity index (χ0v) is 26.7. The van der Waals surface area contributed by atoms with E-state index in [0.717, 1.165) is 5.69 Å². The van der Waals surface area contributed by atoms with Gasteiger partial charge < -0.3 is 30.6 Å². The number of hydrogen-bond acceptors (Lipinski definition) is 9. The van der Waals surface area contributed by atoms with Crippen LogP contribution < -0.4 is 16.4 Å². The topological polar surface area (TPSA) is 142 Å². The van der Waals surface area contributed by atoms with Crippen LogP contribution in [0, 0.1) is 5.92 Å². The third-order valence-corrected chi connectivity index (χ3v) is 8.75. The smallest absolute Gasteiger partial charge is 0.320 e. The van der Waals surface area contributed by atoms with Crippen LogP contribution in [0.3, 0.4) is 0 Å². The lowest BCUT2D eigenvalue weighted by atomic mass is 9.87. The number of aromatic nitrogens is 4. The van der Waals surface area contributed by atoms with E-state index in [9.17, 15) is 4.79 Å². The lowest BCUT2D eigenvalue weighted by Gasteiger charge is -2.46. The highest BCUT2D eigenvalue weighted by molar-refractivity contribution is 5.89. The molecule has 0 unspecified atom stereocenters. The van der Waals surface area contributed by atoms with Crippen LogP contribution in [0.5, 0.6) is 0 Å². The quantitative estimate of drug-likeness (QED) is 0.318. The number of urea groups is 1. The van der Waals surface area contributed by atoms with E-state index >= 15 is 0 Å². The molecule has 4 N–H and O–H groups in total. The van der Waals surface area contributed by atoms with E-state index in [2.05, 4.69) is 84.2 Å². The van der Waals surface area contributed by atoms with Gasteiger partial charge in [-0.15, -0.1) is 0 Å². The molecule has 1 aromatic carbocycles. The molecular formula is C31H46N8O4. The second-order valence-corrected chi connectivity index (χ2v) is 13.4. The molecule has 0 radical (unpaired) electrons. The number of nitrogens with zero attached hydrogens (tertiary/aromatic N) is 5. The summed E-state index contributed by atoms with van der Waals surface area (Å²) in [5.41, 5.74) is 8.44. The van der Waals surface area contributed by atoms with Gasteiger partial charge in [-0.05, 0) is 56.3 Å². The summed E-state index contributed by atoms with van der Waals surface area (Å²) in [5, 5.41) is 6.32. The normalized spacial score (nSPS) is 24.8. The van der Waals surface area contributed by atoms with Gasteiger partial charge in [0.2, 0.25) is 0 Å². The summed E-state index contributed by atoms with van der Waals surface area (Å²) >= 11 is 0. The minimum absolute atomic E-state index is 0.0359. The van der Waals surface area contributed by atoms with E-state index in [1.54, 1.807) is 6.33 Å². The molecule has 5 rings (SSSR count). The lowest BCUT2D eigenvalue weighted by Crippen LogP contribution is -2.64. The van der Waals surface area contributed by atoms with Crippen molar-refractivity contribution in [2.24, 2.45) is 5.92 Å². The number of carbonyl (C=O) groups is 1. The van der Waals surface area contributed by atoms with Crippen molar-refractivity contribution in [1.29, 1.82) is 0 Å². The summed E-state index contributed by atoms with van der Waals surface area (Å²) < 4.78 is 21.2. The SMILES string of the molecule is CC[C@](NC(=O)Nc1ccc(C(C)(C)C)cc1)(C(C)C)N(C)C[C@H]1O[C@@H](n2cnc3c(N)ncnc32)[C@@H]2OC(C)(C)O[C@@H]21. The Hall–Kier alpha value is -3.32. The van der Waals surface area contributed by atoms with Crippen LogP contribution in [0.25, 0.3) is 11.2 Å². The number of likely N-dealkylation sites (N-methyl/N-ethyl adjacent to an activating group) is 1. The number of carbonyl (C=O) groups excluding carboxylic acids is 1. The summed E-state index contributed by atoms with van der Waals surface area (Å²) in [7, 11) is 2.01. The first kappa shape index (κ1) is 31.1. The Labute approximate surface area is 253 Å². The minimum Gasteiger partial charge on any atom is -0.382 e. The number of nitrogens with one attached hydrogen (secondary N) is 2. The van der Waals surface area contributed by atoms with Gasteiger partial charge in [-0.25, -0.2) is 19.7 Å². The van der Waals surface area contributed by atoms with E-state index in [1.165, 1.54) is 11.9 Å². The van der Waals surface area contributed by atoms with E-state index in [1.807, 2.05) is 37.6 Å². The molecule has 0 aliphatic carbocycles. The van der Waals surface area contributed by atoms with Crippen molar-refractivity contribution in [2.45, 2.75) is 103 Å². The predicted molar refractivity (Wildman–Crippen MR) is 165 cm³/mol. The molecule has 4 heterocycles. The van der Waals surface area contributed by atoms with Crippen LogP contribution in [-0.2, 0) is 19.6 Å². The van der Waals surface area contributed by atoms with E-state index in [0.29, 0.717) is 29.9 Å². The van der Waals surface area contributed by atoms with Crippen LogP contribution in [0.15, 0.2) is 36.9 Å². The Morgan fingerprint density at radius 3 is 2.42 bits per heavy atom. The molecule has 43 heavy (non-hydrogen) atoms. The van der Waals surface area contributed by atoms with Crippen molar-refractivity contribution < 1.29 is 19.0 Å². The van der Waals surface area contributed by atoms with Gasteiger partial charge in [0, 0.05) is 12.2 Å². The molecule has 2 aromatic heterocycles. The van der Waals surface area contributed by atoms with Crippen LogP contribution in [0.4, 0.5) is 16.3 Å². The van der Waals surface area contributed by atoms with Gasteiger partial charge in [0.05, 0.1) is 12.0 Å². The fraction of sp³-hybridized carbons (Fsp3) is 0.613. The molecule has 2 amide bonds. The van der Waals surface area contributed by atoms with E-state index in [-0.39, 0.29) is 29.6 Å². The van der Waals surface area contributed by atoms with Crippen molar-refractivity contribution in [3.05, 3.63) is 42.5 Å². The van der Waals surface area contributed by atoms with E-state index in [4.69, 9.17) is 19.9 Å². The predicted octanol–water partition coefficient (Wildman–Crippen LogP) is 4.64. The average molecular weight is 595 g/mol. The number of anilines is 2. The van der Waals surface area contributed by atoms with Crippen molar-refractivity contribution in [3.63, 3.8) is 0 Å². The van der Waals surface area contributed by atoms with Gasteiger partial charge in [-0.3, -0.25) is 9.47 Å². The minimum atomic E-state index is -0.793. The largest absolute Gasteiger partial charge is 0.382 e. The number of nitrogens with two attached hydrogens (primary N) is 1. The Morgan fingerprint density at radius 1 is 1.12 bits per heavy atom. The highest BCUT2D eigenvalue weighted by atomic mass is 16.8. The number of nitrogen functional groups attached to an aromatic ring is 1. The number of ether oxygens (including phenoxy) is 3. The first-order valence-corrected chi connectivity index (χ1v) is 15.0. The number of fused-ring (bicyclic) bond motifs is 2. The number of imidazole rings is 1. The number of amides is 2. The third-order valence-electron chi connectivity index (χ3n) is 8.75. The van der Waals surface area contributed by atoms with Crippen LogP contribution in [0.2, 0.25) is 0 Å². The fourth-order valence-electron chi connectivity index (χ4n) is 6.38. The maximum Gasteiger partial charge on any atom is 0.320 e.